The van der Waals surface area contributed by atoms with Crippen LogP contribution in [0, 0.1) is 45.9 Å². The topological polar surface area (TPSA) is 165 Å². The lowest BCUT2D eigenvalue weighted by Crippen LogP contribution is -2.32. The molecule has 0 atom stereocenters. The highest BCUT2D eigenvalue weighted by molar-refractivity contribution is 6.26. The molecule has 2 aromatic heterocycles. The van der Waals surface area contributed by atoms with Gasteiger partial charge in [0, 0.05) is 72.7 Å². The van der Waals surface area contributed by atoms with Gasteiger partial charge in [-0.25, -0.2) is 17.6 Å². The third-order valence-electron chi connectivity index (χ3n) is 17.6. The van der Waals surface area contributed by atoms with Gasteiger partial charge in [0.05, 0.1) is 49.3 Å². The van der Waals surface area contributed by atoms with E-state index < -0.39 is 22.5 Å². The number of aromatic nitrogens is 2. The van der Waals surface area contributed by atoms with E-state index in [-0.39, 0.29) is 71.9 Å². The summed E-state index contributed by atoms with van der Waals surface area (Å²) < 4.78 is 92.5. The molecule has 2 saturated heterocycles. The Morgan fingerprint density at radius 2 is 0.860 bits per heavy atom. The number of carbonyl (C=O) groups excluding carboxylic acids is 4. The SMILES string of the molecule is COc1cc2c(Oc3ccc(CC(=O)C4(C(=O)Cc5ccc(F)cc5)CC4)cc3F)ccnc2cc1OCC1CCN(C)CC1.COc1cc2c(Oc3ccc(CC(=O)C4(C(=O)Cc5ccc(F)cc5)CC4)cc3F)ccnc2cc1OCC1CCNCC1.ClCCCl. The summed E-state index contributed by atoms with van der Waals surface area (Å²) in [6.07, 6.45) is 9.32. The fraction of sp³-hybridized carbons (Fsp3) is 0.370. The van der Waals surface area contributed by atoms with Crippen molar-refractivity contribution in [3.63, 3.8) is 0 Å². The van der Waals surface area contributed by atoms with Crippen LogP contribution in [-0.4, -0.2) is 110 Å². The van der Waals surface area contributed by atoms with Crippen molar-refractivity contribution in [1.82, 2.24) is 20.2 Å². The zero-order valence-corrected chi connectivity index (χ0v) is 53.7. The normalized spacial score (nSPS) is 15.8. The molecule has 2 saturated carbocycles. The number of hydrogen-bond donors (Lipinski definition) is 1. The van der Waals surface area contributed by atoms with Gasteiger partial charge in [0.2, 0.25) is 0 Å². The lowest BCUT2D eigenvalue weighted by Gasteiger charge is -2.28. The minimum atomic E-state index is -1.05. The Labute approximate surface area is 548 Å². The van der Waals surface area contributed by atoms with Gasteiger partial charge in [-0.3, -0.25) is 29.1 Å². The van der Waals surface area contributed by atoms with Crippen molar-refractivity contribution in [3.8, 4) is 46.0 Å². The molecule has 14 nitrogen and oxygen atoms in total. The molecule has 4 fully saturated rings. The van der Waals surface area contributed by atoms with E-state index in [0.29, 0.717) is 141 Å². The largest absolute Gasteiger partial charge is 0.493 e. The monoisotopic (exact) mass is 1310 g/mol. The maximum atomic E-state index is 15.3. The number of nitrogens with one attached hydrogen (secondary N) is 1. The quantitative estimate of drug-likeness (QED) is 0.0326. The number of fused-ring (bicyclic) bond motifs is 2. The van der Waals surface area contributed by atoms with E-state index in [1.54, 1.807) is 93.3 Å². The molecule has 1 N–H and O–H groups in total. The maximum Gasteiger partial charge on any atom is 0.166 e. The highest BCUT2D eigenvalue weighted by Gasteiger charge is 2.55. The minimum absolute atomic E-state index is 0.00576. The van der Waals surface area contributed by atoms with Crippen molar-refractivity contribution in [2.24, 2.45) is 22.7 Å². The number of piperidine rings is 2. The first kappa shape index (κ1) is 67.7. The van der Waals surface area contributed by atoms with Crippen LogP contribution in [0.15, 0.2) is 134 Å². The van der Waals surface area contributed by atoms with Crippen LogP contribution in [0.2, 0.25) is 0 Å². The smallest absolute Gasteiger partial charge is 0.166 e. The second-order valence-electron chi connectivity index (χ2n) is 24.1. The Hall–Kier alpha value is -8.16. The number of methoxy groups -OCH3 is 2. The molecule has 12 rings (SSSR count). The number of rotatable bonds is 25. The maximum absolute atomic E-state index is 15.3. The van der Waals surface area contributed by atoms with Crippen LogP contribution in [0.1, 0.15) is 73.6 Å². The number of ketones is 4. The molecular formula is C73H74Cl2F4N4O10. The van der Waals surface area contributed by atoms with Crippen molar-refractivity contribution >= 4 is 68.1 Å². The van der Waals surface area contributed by atoms with Gasteiger partial charge in [0.1, 0.15) is 23.1 Å². The van der Waals surface area contributed by atoms with Gasteiger partial charge in [-0.15, -0.1) is 23.2 Å². The molecule has 4 aliphatic rings. The van der Waals surface area contributed by atoms with Gasteiger partial charge >= 0.3 is 0 Å². The third-order valence-corrected chi connectivity index (χ3v) is 18.2. The summed E-state index contributed by atoms with van der Waals surface area (Å²) in [7, 11) is 5.27. The fourth-order valence-electron chi connectivity index (χ4n) is 11.7. The summed E-state index contributed by atoms with van der Waals surface area (Å²) >= 11 is 10.1. The fourth-order valence-corrected chi connectivity index (χ4v) is 11.7. The standard InChI is InChI=1S/C36H36F2N2O5.C35H34F2N2O5.C2H4Cl2/c1-40-15-10-24(11-16-40)22-44-33-21-29-27(20-32(33)43-2)30(9-14-39-29)45-31-8-5-25(17-28(31)38)19-35(42)36(12-13-36)34(41)18-23-3-6-26(37)7-4-23;1-42-31-19-26-28(20-32(31)43-21-23-8-13-38-14-9-23)39-15-10-29(26)44-30-7-4-24(16-27(30)37)18-34(41)35(11-12-35)33(40)17-22-2-5-25(36)6-3-22;3-1-2-4/h3-9,14,17,20-21,24H,10-13,15-16,18-19,22H2,1-2H3;2-7,10,15-16,19-20,23,38H,8-9,11-14,17-18,21H2,1H3;1-2H2. The highest BCUT2D eigenvalue weighted by atomic mass is 35.5. The van der Waals surface area contributed by atoms with Gasteiger partial charge < -0.3 is 38.6 Å². The van der Waals surface area contributed by atoms with Gasteiger partial charge in [0.25, 0.3) is 0 Å². The molecule has 0 radical (unpaired) electrons. The minimum Gasteiger partial charge on any atom is -0.493 e. The Balaban J connectivity index is 0.000000192. The first-order valence-electron chi connectivity index (χ1n) is 31.2. The van der Waals surface area contributed by atoms with E-state index in [0.717, 1.165) is 51.9 Å². The molecule has 2 aliphatic carbocycles. The molecular weight excluding hydrogens is 1240 g/mol. The van der Waals surface area contributed by atoms with E-state index in [1.165, 1.54) is 48.5 Å². The predicted octanol–water partition coefficient (Wildman–Crippen LogP) is 14.6. The zero-order valence-electron chi connectivity index (χ0n) is 52.2. The van der Waals surface area contributed by atoms with Gasteiger partial charge in [-0.05, 0) is 191 Å². The number of ether oxygens (including phenoxy) is 6. The third kappa shape index (κ3) is 17.2. The summed E-state index contributed by atoms with van der Waals surface area (Å²) in [5.74, 6) is 2.22. The van der Waals surface area contributed by atoms with Crippen LogP contribution in [0.4, 0.5) is 17.6 Å². The lowest BCUT2D eigenvalue weighted by atomic mass is 9.88. The van der Waals surface area contributed by atoms with Gasteiger partial charge in [-0.1, -0.05) is 36.4 Å². The Morgan fingerprint density at radius 1 is 0.484 bits per heavy atom. The van der Waals surface area contributed by atoms with E-state index in [2.05, 4.69) is 27.2 Å². The van der Waals surface area contributed by atoms with Crippen LogP contribution in [0.3, 0.4) is 0 Å². The first-order chi connectivity index (χ1) is 45.0. The second kappa shape index (κ2) is 31.2. The Kier molecular flexibility index (Phi) is 22.7. The number of halogens is 6. The molecule has 2 aliphatic heterocycles. The van der Waals surface area contributed by atoms with E-state index in [1.807, 2.05) is 6.07 Å². The van der Waals surface area contributed by atoms with Crippen molar-refractivity contribution in [3.05, 3.63) is 179 Å². The number of carbonyl (C=O) groups is 4. The van der Waals surface area contributed by atoms with Crippen molar-refractivity contribution in [1.29, 1.82) is 0 Å². The van der Waals surface area contributed by atoms with E-state index in [4.69, 9.17) is 51.6 Å². The molecule has 93 heavy (non-hydrogen) atoms. The molecule has 488 valence electrons. The summed E-state index contributed by atoms with van der Waals surface area (Å²) in [5, 5.41) is 4.62. The summed E-state index contributed by atoms with van der Waals surface area (Å²) in [5.41, 5.74) is 1.36. The average molecular weight is 1310 g/mol. The van der Waals surface area contributed by atoms with Gasteiger partial charge in [0.15, 0.2) is 69.3 Å². The van der Waals surface area contributed by atoms with Crippen LogP contribution < -0.4 is 33.7 Å². The zero-order chi connectivity index (χ0) is 65.7. The Bertz CT molecular complexity index is 3950. The Morgan fingerprint density at radius 3 is 1.23 bits per heavy atom. The summed E-state index contributed by atoms with van der Waals surface area (Å²) in [4.78, 5) is 63.6. The predicted molar refractivity (Wildman–Crippen MR) is 349 cm³/mol. The van der Waals surface area contributed by atoms with Gasteiger partial charge in [-0.2, -0.15) is 0 Å². The summed E-state index contributed by atoms with van der Waals surface area (Å²) in [6.45, 7) is 5.26. The van der Waals surface area contributed by atoms with Crippen LogP contribution in [0.5, 0.6) is 46.0 Å². The van der Waals surface area contributed by atoms with Crippen LogP contribution in [0.25, 0.3) is 21.8 Å². The van der Waals surface area contributed by atoms with Crippen molar-refractivity contribution in [2.45, 2.75) is 77.0 Å². The molecule has 0 bridgehead atoms. The molecule has 0 spiro atoms. The number of Topliss-reactive ketones (excluding diaryl/α,β-unsaturated/α-hetero) is 4. The first-order valence-corrected chi connectivity index (χ1v) is 32.3. The molecule has 20 heteroatoms. The number of pyridine rings is 2. The molecule has 6 aromatic carbocycles. The average Bonchev–Trinajstić information content (AvgIpc) is 1.70. The van der Waals surface area contributed by atoms with Crippen molar-refractivity contribution in [2.75, 3.05) is 72.4 Å². The van der Waals surface area contributed by atoms with E-state index in [9.17, 15) is 28.0 Å². The van der Waals surface area contributed by atoms with Crippen LogP contribution >= 0.6 is 23.2 Å². The van der Waals surface area contributed by atoms with Crippen molar-refractivity contribution < 1.29 is 65.2 Å². The number of likely N-dealkylation sites (tertiary alicyclic amines) is 1. The number of hydrogen-bond acceptors (Lipinski definition) is 14. The molecule has 8 aromatic rings. The van der Waals surface area contributed by atoms with Crippen LogP contribution in [-0.2, 0) is 44.9 Å². The van der Waals surface area contributed by atoms with E-state index >= 15 is 8.78 Å². The number of benzene rings is 6. The highest BCUT2D eigenvalue weighted by Crippen LogP contribution is 2.50. The lowest BCUT2D eigenvalue weighted by molar-refractivity contribution is -0.135. The molecule has 0 unspecified atom stereocenters. The number of alkyl halides is 2. The summed E-state index contributed by atoms with van der Waals surface area (Å²) in [6, 6.07) is 30.6. The molecule has 4 heterocycles. The second-order valence-corrected chi connectivity index (χ2v) is 24.9. The number of nitrogens with zero attached hydrogens (tertiary/aromatic N) is 3. The molecule has 0 amide bonds.